The average Bonchev–Trinajstić information content (AvgIpc) is 4.24. The monoisotopic (exact) mass is 1110 g/mol. The summed E-state index contributed by atoms with van der Waals surface area (Å²) in [6, 6.07) is 21.4. The first-order valence-corrected chi connectivity index (χ1v) is 30.4. The number of nitrogens with zero attached hydrogens (tertiary/aromatic N) is 6. The zero-order valence-corrected chi connectivity index (χ0v) is 48.4. The molecule has 0 spiro atoms. The smallest absolute Gasteiger partial charge is 0.303 e. The molecule has 6 rings (SSSR count). The lowest BCUT2D eigenvalue weighted by Crippen LogP contribution is -2.15. The molecule has 3 aromatic heterocycles. The van der Waals surface area contributed by atoms with Gasteiger partial charge in [-0.15, -0.1) is 30.6 Å². The number of aliphatic hydroxyl groups excluding tert-OH is 3. The summed E-state index contributed by atoms with van der Waals surface area (Å²) in [5, 5.41) is 91.6. The summed E-state index contributed by atoms with van der Waals surface area (Å²) in [7, 11) is 0. The van der Waals surface area contributed by atoms with Gasteiger partial charge in [0.05, 0.1) is 13.2 Å². The third-order valence-electron chi connectivity index (χ3n) is 11.9. The lowest BCUT2D eigenvalue weighted by atomic mass is 10.1. The summed E-state index contributed by atoms with van der Waals surface area (Å²) in [5.74, 6) is 0.159. The normalized spacial score (nSPS) is 10.6. The van der Waals surface area contributed by atoms with Crippen molar-refractivity contribution in [1.82, 2.24) is 30.6 Å². The lowest BCUT2D eigenvalue weighted by Gasteiger charge is -1.99. The number of carbonyl (C=O) groups is 1. The van der Waals surface area contributed by atoms with Crippen LogP contribution >= 0.6 is 34.0 Å². The van der Waals surface area contributed by atoms with E-state index >= 15 is 0 Å². The van der Waals surface area contributed by atoms with Crippen LogP contribution in [0.1, 0.15) is 197 Å². The Hall–Kier alpha value is -4.91. The molecular formula is C59H90N6O8S3. The quantitative estimate of drug-likeness (QED) is 0.0195. The SMILES string of the molecule is CCCCC(=O)O.CCCCCCCCCc1nnc(-c2ccc(O)cc2)s1.CCCCCCCCCc1nnc(-c2ccc(O)cc2)s1.CCCCCCCCCc1nnc(-c2ccc(O)cc2)s1.OCC(O)CO. The fraction of sp³-hybridized carbons (Fsp3) is 0.576. The largest absolute Gasteiger partial charge is 0.508 e. The number of unbranched alkanes of at least 4 members (excludes halogenated alkanes) is 19. The van der Waals surface area contributed by atoms with Gasteiger partial charge in [0.25, 0.3) is 0 Å². The van der Waals surface area contributed by atoms with Crippen molar-refractivity contribution in [3.63, 3.8) is 0 Å². The summed E-state index contributed by atoms with van der Waals surface area (Å²) in [4.78, 5) is 9.76. The van der Waals surface area contributed by atoms with E-state index in [2.05, 4.69) is 51.4 Å². The van der Waals surface area contributed by atoms with Gasteiger partial charge in [-0.3, -0.25) is 4.79 Å². The zero-order chi connectivity index (χ0) is 55.4. The van der Waals surface area contributed by atoms with Gasteiger partial charge in [-0.2, -0.15) is 0 Å². The molecule has 0 aliphatic carbocycles. The fourth-order valence-electron chi connectivity index (χ4n) is 7.31. The van der Waals surface area contributed by atoms with E-state index in [4.69, 9.17) is 20.4 Å². The summed E-state index contributed by atoms with van der Waals surface area (Å²) in [6.07, 6.45) is 32.0. The van der Waals surface area contributed by atoms with E-state index in [1.165, 1.54) is 135 Å². The number of hydrogen-bond donors (Lipinski definition) is 7. The highest BCUT2D eigenvalue weighted by Crippen LogP contribution is 2.29. The third-order valence-corrected chi connectivity index (χ3v) is 15.0. The highest BCUT2D eigenvalue weighted by molar-refractivity contribution is 7.15. The van der Waals surface area contributed by atoms with Crippen molar-refractivity contribution in [1.29, 1.82) is 0 Å². The Morgan fingerprint density at radius 3 is 0.855 bits per heavy atom. The van der Waals surface area contributed by atoms with Gasteiger partial charge in [-0.1, -0.05) is 184 Å². The Balaban J connectivity index is 0.000000349. The first-order chi connectivity index (χ1) is 37.0. The standard InChI is InChI=1S/3C17H24N2OS.C5H10O2.C3H8O3/c3*1-2-3-4-5-6-7-8-9-16-18-19-17(21-16)14-10-12-15(20)13-11-14;1-2-3-4-5(6)7;4-1-3(6)2-5/h3*10-13,20H,2-9H2,1H3;2-4H2,1H3,(H,6,7);3-6H,1-2H2. The lowest BCUT2D eigenvalue weighted by molar-refractivity contribution is -0.137. The molecule has 0 saturated carbocycles. The molecule has 17 heteroatoms. The first kappa shape index (κ1) is 67.2. The highest BCUT2D eigenvalue weighted by atomic mass is 32.1. The molecule has 0 aliphatic rings. The van der Waals surface area contributed by atoms with Crippen molar-refractivity contribution in [2.45, 2.75) is 207 Å². The molecule has 0 amide bonds. The molecule has 7 N–H and O–H groups in total. The molecule has 0 radical (unpaired) electrons. The minimum Gasteiger partial charge on any atom is -0.508 e. The fourth-order valence-corrected chi connectivity index (χ4v) is 9.97. The van der Waals surface area contributed by atoms with Crippen LogP contribution < -0.4 is 0 Å². The Kier molecular flexibility index (Phi) is 39.0. The van der Waals surface area contributed by atoms with Crippen LogP contribution in [-0.4, -0.2) is 91.6 Å². The molecule has 0 bridgehead atoms. The molecule has 0 atom stereocenters. The predicted octanol–water partition coefficient (Wildman–Crippen LogP) is 15.2. The van der Waals surface area contributed by atoms with Crippen molar-refractivity contribution >= 4 is 40.0 Å². The molecule has 422 valence electrons. The minimum atomic E-state index is -0.954. The Labute approximate surface area is 465 Å². The number of aryl methyl sites for hydroxylation is 3. The number of phenols is 3. The van der Waals surface area contributed by atoms with Crippen LogP contribution in [0.2, 0.25) is 0 Å². The molecule has 3 aromatic carbocycles. The topological polar surface area (TPSA) is 236 Å². The molecule has 0 fully saturated rings. The number of carboxylic acid groups (broad SMARTS) is 1. The van der Waals surface area contributed by atoms with Gasteiger partial charge >= 0.3 is 5.97 Å². The van der Waals surface area contributed by atoms with Gasteiger partial charge in [0.15, 0.2) is 0 Å². The van der Waals surface area contributed by atoms with E-state index in [0.717, 1.165) is 78.8 Å². The predicted molar refractivity (Wildman–Crippen MR) is 313 cm³/mol. The summed E-state index contributed by atoms with van der Waals surface area (Å²) in [5.41, 5.74) is 3.07. The molecular weight excluding hydrogens is 1020 g/mol. The Bertz CT molecular complexity index is 2050. The number of phenolic OH excluding ortho intramolecular Hbond substituents is 3. The van der Waals surface area contributed by atoms with E-state index in [9.17, 15) is 20.1 Å². The van der Waals surface area contributed by atoms with Crippen molar-refractivity contribution < 1.29 is 40.5 Å². The number of aromatic hydroxyl groups is 3. The van der Waals surface area contributed by atoms with Crippen molar-refractivity contribution in [3.05, 3.63) is 87.8 Å². The molecule has 0 unspecified atom stereocenters. The third kappa shape index (κ3) is 32.6. The van der Waals surface area contributed by atoms with Gasteiger partial charge < -0.3 is 35.7 Å². The van der Waals surface area contributed by atoms with Gasteiger partial charge in [0, 0.05) is 42.4 Å². The van der Waals surface area contributed by atoms with Crippen LogP contribution in [-0.2, 0) is 24.1 Å². The molecule has 6 aromatic rings. The minimum absolute atomic E-state index is 0.284. The van der Waals surface area contributed by atoms with Crippen LogP contribution in [0.15, 0.2) is 72.8 Å². The number of hydrogen-bond acceptors (Lipinski definition) is 16. The molecule has 0 aliphatic heterocycles. The average molecular weight is 1110 g/mol. The van der Waals surface area contributed by atoms with Crippen LogP contribution in [0.3, 0.4) is 0 Å². The van der Waals surface area contributed by atoms with Gasteiger partial charge in [-0.25, -0.2) is 0 Å². The second kappa shape index (κ2) is 44.1. The second-order valence-electron chi connectivity index (χ2n) is 18.8. The van der Waals surface area contributed by atoms with E-state index in [1.54, 1.807) is 70.4 Å². The maximum absolute atomic E-state index is 9.76. The first-order valence-electron chi connectivity index (χ1n) is 27.9. The maximum Gasteiger partial charge on any atom is 0.303 e. The van der Waals surface area contributed by atoms with Crippen LogP contribution in [0, 0.1) is 0 Å². The van der Waals surface area contributed by atoms with Crippen LogP contribution in [0.5, 0.6) is 17.2 Å². The van der Waals surface area contributed by atoms with Crippen LogP contribution in [0.4, 0.5) is 0 Å². The summed E-state index contributed by atoms with van der Waals surface area (Å²) in [6.45, 7) is 8.00. The second-order valence-corrected chi connectivity index (χ2v) is 22.0. The van der Waals surface area contributed by atoms with Crippen molar-refractivity contribution in [2.75, 3.05) is 13.2 Å². The van der Waals surface area contributed by atoms with Gasteiger partial charge in [0.2, 0.25) is 0 Å². The molecule has 76 heavy (non-hydrogen) atoms. The molecule has 14 nitrogen and oxygen atoms in total. The number of aromatic nitrogens is 6. The highest BCUT2D eigenvalue weighted by Gasteiger charge is 2.09. The van der Waals surface area contributed by atoms with Gasteiger partial charge in [-0.05, 0) is 98.5 Å². The Morgan fingerprint density at radius 2 is 0.645 bits per heavy atom. The number of carboxylic acids is 1. The summed E-state index contributed by atoms with van der Waals surface area (Å²) < 4.78 is 0. The van der Waals surface area contributed by atoms with Crippen LogP contribution in [0.25, 0.3) is 31.7 Å². The molecule has 3 heterocycles. The van der Waals surface area contributed by atoms with E-state index < -0.39 is 12.1 Å². The van der Waals surface area contributed by atoms with E-state index in [0.29, 0.717) is 6.42 Å². The van der Waals surface area contributed by atoms with E-state index in [1.807, 2.05) is 43.3 Å². The number of aliphatic hydroxyl groups is 3. The van der Waals surface area contributed by atoms with Crippen molar-refractivity contribution in [3.8, 4) is 49.0 Å². The molecule has 0 saturated heterocycles. The number of aliphatic carboxylic acids is 1. The maximum atomic E-state index is 9.76. The van der Waals surface area contributed by atoms with E-state index in [-0.39, 0.29) is 30.5 Å². The number of benzene rings is 3. The number of rotatable bonds is 32. The summed E-state index contributed by atoms with van der Waals surface area (Å²) >= 11 is 4.98. The zero-order valence-electron chi connectivity index (χ0n) is 46.0. The van der Waals surface area contributed by atoms with Gasteiger partial charge in [0.1, 0.15) is 53.4 Å². The van der Waals surface area contributed by atoms with Crippen molar-refractivity contribution in [2.24, 2.45) is 0 Å². The Morgan fingerprint density at radius 1 is 0.395 bits per heavy atom.